The van der Waals surface area contributed by atoms with E-state index in [0.717, 1.165) is 36.1 Å². The molecule has 3 rings (SSSR count). The summed E-state index contributed by atoms with van der Waals surface area (Å²) in [7, 11) is 0. The molecule has 2 aliphatic carbocycles. The second-order valence-electron chi connectivity index (χ2n) is 7.37. The molecule has 3 atom stereocenters. The van der Waals surface area contributed by atoms with E-state index in [9.17, 15) is 14.4 Å². The summed E-state index contributed by atoms with van der Waals surface area (Å²) in [6, 6.07) is 5.75. The van der Waals surface area contributed by atoms with Gasteiger partial charge in [0.05, 0.1) is 5.92 Å². The highest BCUT2D eigenvalue weighted by Crippen LogP contribution is 2.40. The summed E-state index contributed by atoms with van der Waals surface area (Å²) in [5.74, 6) is -0.597. The van der Waals surface area contributed by atoms with Crippen molar-refractivity contribution in [2.45, 2.75) is 46.0 Å². The average Bonchev–Trinajstić information content (AvgIpc) is 2.55. The number of carbonyl (C=O) groups excluding carboxylic acids is 3. The minimum absolute atomic E-state index is 0.00841. The standard InChI is InChI=1S/C20H25NO4/c1-12-6-7-17(13(2)8-12)21-18(22)11-25-20(24)16-9-14-4-3-5-15(10-16)19(14)23/h6-8,14-16H,3-5,9-11H2,1-2H3,(H,21,22)/t14-,15+,16?. The quantitative estimate of drug-likeness (QED) is 0.852. The van der Waals surface area contributed by atoms with Gasteiger partial charge in [-0.1, -0.05) is 24.1 Å². The van der Waals surface area contributed by atoms with Gasteiger partial charge in [-0.3, -0.25) is 14.4 Å². The molecule has 25 heavy (non-hydrogen) atoms. The maximum absolute atomic E-state index is 12.3. The Morgan fingerprint density at radius 3 is 2.48 bits per heavy atom. The molecule has 0 radical (unpaired) electrons. The van der Waals surface area contributed by atoms with Gasteiger partial charge in [-0.25, -0.2) is 0 Å². The van der Waals surface area contributed by atoms with Gasteiger partial charge in [0.15, 0.2) is 6.61 Å². The third-order valence-electron chi connectivity index (χ3n) is 5.38. The van der Waals surface area contributed by atoms with Crippen molar-refractivity contribution in [1.82, 2.24) is 0 Å². The van der Waals surface area contributed by atoms with Gasteiger partial charge in [-0.2, -0.15) is 0 Å². The molecule has 2 aliphatic rings. The molecular weight excluding hydrogens is 318 g/mol. The maximum atomic E-state index is 12.3. The van der Waals surface area contributed by atoms with Gasteiger partial charge in [0, 0.05) is 17.5 Å². The third kappa shape index (κ3) is 4.09. The highest BCUT2D eigenvalue weighted by atomic mass is 16.5. The molecule has 0 aliphatic heterocycles. The number of hydrogen-bond donors (Lipinski definition) is 1. The first-order chi connectivity index (χ1) is 11.9. The molecular formula is C20H25NO4. The van der Waals surface area contributed by atoms with Crippen LogP contribution in [0.1, 0.15) is 43.2 Å². The van der Waals surface area contributed by atoms with Crippen LogP contribution >= 0.6 is 0 Å². The number of Topliss-reactive ketones (excluding diaryl/α,β-unsaturated/α-hetero) is 1. The van der Waals surface area contributed by atoms with Crippen LogP contribution in [-0.4, -0.2) is 24.3 Å². The number of amides is 1. The van der Waals surface area contributed by atoms with Gasteiger partial charge >= 0.3 is 5.97 Å². The van der Waals surface area contributed by atoms with Crippen molar-refractivity contribution < 1.29 is 19.1 Å². The van der Waals surface area contributed by atoms with Crippen LogP contribution in [0.4, 0.5) is 5.69 Å². The first kappa shape index (κ1) is 17.6. The second-order valence-corrected chi connectivity index (χ2v) is 7.37. The molecule has 1 aromatic rings. The van der Waals surface area contributed by atoms with Crippen LogP contribution in [-0.2, 0) is 19.1 Å². The summed E-state index contributed by atoms with van der Waals surface area (Å²) in [5, 5.41) is 2.77. The van der Waals surface area contributed by atoms with Gasteiger partial charge in [-0.15, -0.1) is 0 Å². The smallest absolute Gasteiger partial charge is 0.309 e. The zero-order chi connectivity index (χ0) is 18.0. The molecule has 5 nitrogen and oxygen atoms in total. The van der Waals surface area contributed by atoms with Crippen LogP contribution in [0, 0.1) is 31.6 Å². The number of nitrogens with one attached hydrogen (secondary N) is 1. The Hall–Kier alpha value is -2.17. The van der Waals surface area contributed by atoms with Gasteiger partial charge in [0.25, 0.3) is 5.91 Å². The maximum Gasteiger partial charge on any atom is 0.309 e. The number of benzene rings is 1. The zero-order valence-corrected chi connectivity index (χ0v) is 14.8. The Morgan fingerprint density at radius 1 is 1.16 bits per heavy atom. The van der Waals surface area contributed by atoms with Crippen molar-refractivity contribution in [1.29, 1.82) is 0 Å². The van der Waals surface area contributed by atoms with Crippen molar-refractivity contribution in [3.05, 3.63) is 29.3 Å². The highest BCUT2D eigenvalue weighted by molar-refractivity contribution is 5.94. The molecule has 134 valence electrons. The topological polar surface area (TPSA) is 72.5 Å². The summed E-state index contributed by atoms with van der Waals surface area (Å²) in [6.45, 7) is 3.63. The molecule has 0 spiro atoms. The summed E-state index contributed by atoms with van der Waals surface area (Å²) >= 11 is 0. The first-order valence-corrected chi connectivity index (χ1v) is 9.01. The lowest BCUT2D eigenvalue weighted by Gasteiger charge is -2.36. The lowest BCUT2D eigenvalue weighted by molar-refractivity contribution is -0.155. The lowest BCUT2D eigenvalue weighted by atomic mass is 9.67. The Labute approximate surface area is 148 Å². The van der Waals surface area contributed by atoms with Crippen LogP contribution in [0.5, 0.6) is 0 Å². The molecule has 5 heteroatoms. The molecule has 0 aromatic heterocycles. The fraction of sp³-hybridized carbons (Fsp3) is 0.550. The largest absolute Gasteiger partial charge is 0.455 e. The minimum Gasteiger partial charge on any atom is -0.455 e. The summed E-state index contributed by atoms with van der Waals surface area (Å²) in [5.41, 5.74) is 2.82. The number of carbonyl (C=O) groups is 3. The SMILES string of the molecule is Cc1ccc(NC(=O)COC(=O)C2C[C@H]3CCC[C@@H](C2)C3=O)c(C)c1. The van der Waals surface area contributed by atoms with Crippen LogP contribution in [0.25, 0.3) is 0 Å². The molecule has 0 heterocycles. The van der Waals surface area contributed by atoms with E-state index in [0.29, 0.717) is 18.6 Å². The Bertz CT molecular complexity index is 681. The van der Waals surface area contributed by atoms with E-state index in [-0.39, 0.29) is 36.2 Å². The van der Waals surface area contributed by atoms with Gasteiger partial charge < -0.3 is 10.1 Å². The van der Waals surface area contributed by atoms with Crippen LogP contribution in [0.3, 0.4) is 0 Å². The number of fused-ring (bicyclic) bond motifs is 2. The fourth-order valence-electron chi connectivity index (χ4n) is 4.07. The van der Waals surface area contributed by atoms with Crippen molar-refractivity contribution in [2.75, 3.05) is 11.9 Å². The monoisotopic (exact) mass is 343 g/mol. The number of rotatable bonds is 4. The van der Waals surface area contributed by atoms with Crippen molar-refractivity contribution in [2.24, 2.45) is 17.8 Å². The Morgan fingerprint density at radius 2 is 1.84 bits per heavy atom. The number of hydrogen-bond acceptors (Lipinski definition) is 4. The third-order valence-corrected chi connectivity index (χ3v) is 5.38. The van der Waals surface area contributed by atoms with Crippen molar-refractivity contribution >= 4 is 23.3 Å². The molecule has 2 fully saturated rings. The van der Waals surface area contributed by atoms with Gasteiger partial charge in [0.1, 0.15) is 5.78 Å². The number of ether oxygens (including phenoxy) is 1. The second kappa shape index (κ2) is 7.38. The Balaban J connectivity index is 1.50. The van der Waals surface area contributed by atoms with Crippen molar-refractivity contribution in [3.8, 4) is 0 Å². The van der Waals surface area contributed by atoms with E-state index in [4.69, 9.17) is 4.74 Å². The molecule has 2 saturated carbocycles. The predicted molar refractivity (Wildman–Crippen MR) is 94.1 cm³/mol. The van der Waals surface area contributed by atoms with E-state index in [1.165, 1.54) is 0 Å². The van der Waals surface area contributed by atoms with Crippen LogP contribution < -0.4 is 5.32 Å². The molecule has 1 N–H and O–H groups in total. The van der Waals surface area contributed by atoms with E-state index >= 15 is 0 Å². The normalized spacial score (nSPS) is 25.4. The minimum atomic E-state index is -0.347. The van der Waals surface area contributed by atoms with E-state index < -0.39 is 0 Å². The fourth-order valence-corrected chi connectivity index (χ4v) is 4.07. The number of ketones is 1. The zero-order valence-electron chi connectivity index (χ0n) is 14.8. The van der Waals surface area contributed by atoms with Crippen LogP contribution in [0.2, 0.25) is 0 Å². The lowest BCUT2D eigenvalue weighted by Crippen LogP contribution is -2.40. The number of aryl methyl sites for hydroxylation is 2. The molecule has 1 amide bonds. The number of esters is 1. The summed E-state index contributed by atoms with van der Waals surface area (Å²) in [6.07, 6.45) is 3.99. The number of anilines is 1. The van der Waals surface area contributed by atoms with Crippen LogP contribution in [0.15, 0.2) is 18.2 Å². The first-order valence-electron chi connectivity index (χ1n) is 9.01. The summed E-state index contributed by atoms with van der Waals surface area (Å²) in [4.78, 5) is 36.4. The predicted octanol–water partition coefficient (Wildman–Crippen LogP) is 3.18. The van der Waals surface area contributed by atoms with E-state index in [2.05, 4.69) is 5.32 Å². The molecule has 1 unspecified atom stereocenters. The van der Waals surface area contributed by atoms with E-state index in [1.54, 1.807) is 0 Å². The molecule has 2 bridgehead atoms. The van der Waals surface area contributed by atoms with Crippen molar-refractivity contribution in [3.63, 3.8) is 0 Å². The van der Waals surface area contributed by atoms with Gasteiger partial charge in [-0.05, 0) is 51.2 Å². The molecule has 0 saturated heterocycles. The van der Waals surface area contributed by atoms with Gasteiger partial charge in [0.2, 0.25) is 0 Å². The summed E-state index contributed by atoms with van der Waals surface area (Å²) < 4.78 is 5.22. The highest BCUT2D eigenvalue weighted by Gasteiger charge is 2.41. The molecule has 1 aromatic carbocycles. The van der Waals surface area contributed by atoms with E-state index in [1.807, 2.05) is 32.0 Å². The Kier molecular flexibility index (Phi) is 5.21. The average molecular weight is 343 g/mol.